The Morgan fingerprint density at radius 1 is 1.09 bits per heavy atom. The number of nitrogens with zero attached hydrogens (tertiary/aromatic N) is 5. The van der Waals surface area contributed by atoms with Crippen LogP contribution >= 0.6 is 0 Å². The van der Waals surface area contributed by atoms with E-state index in [-0.39, 0.29) is 0 Å². The van der Waals surface area contributed by atoms with Gasteiger partial charge in [0, 0.05) is 26.1 Å². The molecule has 1 saturated heterocycles. The summed E-state index contributed by atoms with van der Waals surface area (Å²) in [4.78, 5) is 4.84. The number of aromatic nitrogens is 3. The van der Waals surface area contributed by atoms with Gasteiger partial charge in [-0.2, -0.15) is 0 Å². The van der Waals surface area contributed by atoms with Crippen molar-refractivity contribution in [2.45, 2.75) is 51.0 Å². The van der Waals surface area contributed by atoms with Gasteiger partial charge in [0.2, 0.25) is 0 Å². The van der Waals surface area contributed by atoms with Crippen molar-refractivity contribution in [3.8, 4) is 0 Å². The van der Waals surface area contributed by atoms with Gasteiger partial charge in [0.15, 0.2) is 0 Å². The molecule has 1 aromatic heterocycles. The summed E-state index contributed by atoms with van der Waals surface area (Å²) in [7, 11) is 6.29. The van der Waals surface area contributed by atoms with Crippen LogP contribution in [-0.4, -0.2) is 58.3 Å². The van der Waals surface area contributed by atoms with Gasteiger partial charge < -0.3 is 14.4 Å². The van der Waals surface area contributed by atoms with Crippen LogP contribution in [0.4, 0.5) is 0 Å². The van der Waals surface area contributed by atoms with Crippen LogP contribution in [-0.2, 0) is 13.6 Å². The first kappa shape index (κ1) is 15.9. The highest BCUT2D eigenvalue weighted by Crippen LogP contribution is 2.30. The van der Waals surface area contributed by atoms with E-state index >= 15 is 0 Å². The molecule has 124 valence electrons. The van der Waals surface area contributed by atoms with Crippen LogP contribution in [0.3, 0.4) is 0 Å². The lowest BCUT2D eigenvalue weighted by Crippen LogP contribution is -2.38. The molecule has 0 amide bonds. The van der Waals surface area contributed by atoms with E-state index in [4.69, 9.17) is 0 Å². The fourth-order valence-electron chi connectivity index (χ4n) is 4.14. The number of piperidine rings is 1. The average Bonchev–Trinajstić information content (AvgIpc) is 3.10. The van der Waals surface area contributed by atoms with Crippen molar-refractivity contribution in [1.29, 1.82) is 0 Å². The Morgan fingerprint density at radius 2 is 1.86 bits per heavy atom. The second kappa shape index (κ2) is 7.09. The van der Waals surface area contributed by atoms with Gasteiger partial charge in [0.25, 0.3) is 0 Å². The van der Waals surface area contributed by atoms with Crippen LogP contribution in [0.15, 0.2) is 0 Å². The first-order valence-corrected chi connectivity index (χ1v) is 8.88. The summed E-state index contributed by atoms with van der Waals surface area (Å²) < 4.78 is 2.23. The summed E-state index contributed by atoms with van der Waals surface area (Å²) in [6.07, 6.45) is 8.33. The number of rotatable bonds is 5. The molecular weight excluding hydrogens is 274 g/mol. The molecular formula is C17H31N5. The van der Waals surface area contributed by atoms with Crippen LogP contribution in [0.5, 0.6) is 0 Å². The van der Waals surface area contributed by atoms with E-state index in [0.29, 0.717) is 5.92 Å². The summed E-state index contributed by atoms with van der Waals surface area (Å²) >= 11 is 0. The largest absolute Gasteiger partial charge is 0.317 e. The molecule has 0 N–H and O–H groups in total. The Morgan fingerprint density at radius 3 is 2.59 bits per heavy atom. The summed E-state index contributed by atoms with van der Waals surface area (Å²) in [5.74, 6) is 3.77. The number of hydrogen-bond donors (Lipinski definition) is 0. The average molecular weight is 305 g/mol. The Balaban J connectivity index is 1.62. The van der Waals surface area contributed by atoms with E-state index in [1.54, 1.807) is 0 Å². The highest BCUT2D eigenvalue weighted by atomic mass is 15.3. The van der Waals surface area contributed by atoms with Crippen LogP contribution in [0.1, 0.15) is 56.1 Å². The Hall–Kier alpha value is -0.940. The van der Waals surface area contributed by atoms with E-state index < -0.39 is 0 Å². The minimum absolute atomic E-state index is 0.559. The van der Waals surface area contributed by atoms with Crippen molar-refractivity contribution in [2.24, 2.45) is 13.0 Å². The summed E-state index contributed by atoms with van der Waals surface area (Å²) in [5, 5.41) is 8.93. The lowest BCUT2D eigenvalue weighted by molar-refractivity contribution is 0.175. The van der Waals surface area contributed by atoms with Gasteiger partial charge in [-0.15, -0.1) is 10.2 Å². The standard InChI is InChI=1S/C17H31N5/c1-20(2)13-16-18-19-17(21(16)3)15-9-6-10-22(12-15)11-14-7-4-5-8-14/h14-15H,4-13H2,1-3H3. The molecule has 2 aliphatic rings. The second-order valence-electron chi connectivity index (χ2n) is 7.52. The molecule has 0 bridgehead atoms. The minimum Gasteiger partial charge on any atom is -0.317 e. The highest BCUT2D eigenvalue weighted by Gasteiger charge is 2.28. The molecule has 2 heterocycles. The Bertz CT molecular complexity index is 475. The maximum atomic E-state index is 4.52. The van der Waals surface area contributed by atoms with Crippen molar-refractivity contribution in [3.05, 3.63) is 11.6 Å². The summed E-state index contributed by atoms with van der Waals surface area (Å²) in [6, 6.07) is 0. The minimum atomic E-state index is 0.559. The first-order chi connectivity index (χ1) is 10.6. The maximum absolute atomic E-state index is 4.52. The fourth-order valence-corrected chi connectivity index (χ4v) is 4.14. The fraction of sp³-hybridized carbons (Fsp3) is 0.882. The first-order valence-electron chi connectivity index (χ1n) is 8.88. The van der Waals surface area contributed by atoms with Crippen LogP contribution < -0.4 is 0 Å². The quantitative estimate of drug-likeness (QED) is 0.836. The van der Waals surface area contributed by atoms with Crippen molar-refractivity contribution >= 4 is 0 Å². The van der Waals surface area contributed by atoms with Gasteiger partial charge in [-0.25, -0.2) is 0 Å². The Kier molecular flexibility index (Phi) is 5.14. The van der Waals surface area contributed by atoms with Crippen molar-refractivity contribution in [1.82, 2.24) is 24.6 Å². The molecule has 1 aromatic rings. The van der Waals surface area contributed by atoms with E-state index in [9.17, 15) is 0 Å². The molecule has 1 atom stereocenters. The van der Waals surface area contributed by atoms with Gasteiger partial charge in [0.05, 0.1) is 6.54 Å². The lowest BCUT2D eigenvalue weighted by atomic mass is 9.95. The number of likely N-dealkylation sites (tertiary alicyclic amines) is 1. The molecule has 3 rings (SSSR count). The van der Waals surface area contributed by atoms with E-state index in [1.807, 2.05) is 0 Å². The third kappa shape index (κ3) is 3.69. The molecule has 1 unspecified atom stereocenters. The van der Waals surface area contributed by atoms with Gasteiger partial charge >= 0.3 is 0 Å². The van der Waals surface area contributed by atoms with Gasteiger partial charge in [0.1, 0.15) is 11.6 Å². The topological polar surface area (TPSA) is 37.2 Å². The predicted molar refractivity (Wildman–Crippen MR) is 88.8 cm³/mol. The molecule has 5 heteroatoms. The molecule has 5 nitrogen and oxygen atoms in total. The number of hydrogen-bond acceptors (Lipinski definition) is 4. The monoisotopic (exact) mass is 305 g/mol. The van der Waals surface area contributed by atoms with E-state index in [1.165, 1.54) is 64.0 Å². The lowest BCUT2D eigenvalue weighted by Gasteiger charge is -2.33. The molecule has 0 aromatic carbocycles. The smallest absolute Gasteiger partial charge is 0.146 e. The van der Waals surface area contributed by atoms with Gasteiger partial charge in [-0.1, -0.05) is 12.8 Å². The predicted octanol–water partition coefficient (Wildman–Crippen LogP) is 2.25. The maximum Gasteiger partial charge on any atom is 0.146 e. The SMILES string of the molecule is CN(C)Cc1nnc(C2CCCN(CC3CCCC3)C2)n1C. The van der Waals surface area contributed by atoms with Crippen LogP contribution in [0.25, 0.3) is 0 Å². The van der Waals surface area contributed by atoms with Crippen molar-refractivity contribution in [3.63, 3.8) is 0 Å². The van der Waals surface area contributed by atoms with Crippen molar-refractivity contribution < 1.29 is 0 Å². The van der Waals surface area contributed by atoms with E-state index in [2.05, 4.69) is 45.7 Å². The Labute approximate surface area is 134 Å². The molecule has 1 aliphatic heterocycles. The molecule has 1 saturated carbocycles. The van der Waals surface area contributed by atoms with E-state index in [0.717, 1.165) is 18.3 Å². The zero-order chi connectivity index (χ0) is 15.5. The van der Waals surface area contributed by atoms with Gasteiger partial charge in [-0.05, 0) is 52.2 Å². The van der Waals surface area contributed by atoms with Crippen LogP contribution in [0.2, 0.25) is 0 Å². The third-order valence-electron chi connectivity index (χ3n) is 5.32. The zero-order valence-electron chi connectivity index (χ0n) is 14.5. The molecule has 2 fully saturated rings. The zero-order valence-corrected chi connectivity index (χ0v) is 14.5. The normalized spacial score (nSPS) is 24.5. The summed E-state index contributed by atoms with van der Waals surface area (Å²) in [6.45, 7) is 4.61. The second-order valence-corrected chi connectivity index (χ2v) is 7.52. The van der Waals surface area contributed by atoms with Gasteiger partial charge in [-0.3, -0.25) is 0 Å². The third-order valence-corrected chi connectivity index (χ3v) is 5.32. The summed E-state index contributed by atoms with van der Waals surface area (Å²) in [5.41, 5.74) is 0. The molecule has 0 radical (unpaired) electrons. The molecule has 22 heavy (non-hydrogen) atoms. The van der Waals surface area contributed by atoms with Crippen molar-refractivity contribution in [2.75, 3.05) is 33.7 Å². The van der Waals surface area contributed by atoms with Crippen LogP contribution in [0, 0.1) is 5.92 Å². The highest BCUT2D eigenvalue weighted by molar-refractivity contribution is 5.04. The molecule has 0 spiro atoms. The molecule has 1 aliphatic carbocycles.